The lowest BCUT2D eigenvalue weighted by atomic mass is 10.3. The number of anilines is 1. The number of hydrogen-bond acceptors (Lipinski definition) is 5. The fraction of sp³-hybridized carbons (Fsp3) is 0.188. The van der Waals surface area contributed by atoms with Gasteiger partial charge in [0.1, 0.15) is 11.7 Å². The number of benzene rings is 2. The van der Waals surface area contributed by atoms with Gasteiger partial charge in [-0.05, 0) is 42.8 Å². The van der Waals surface area contributed by atoms with Gasteiger partial charge in [-0.25, -0.2) is 21.2 Å². The smallest absolute Gasteiger partial charge is 0.262 e. The third kappa shape index (κ3) is 4.20. The summed E-state index contributed by atoms with van der Waals surface area (Å²) in [6.45, 7) is 0.575. The highest BCUT2D eigenvalue weighted by atomic mass is 32.2. The van der Waals surface area contributed by atoms with Gasteiger partial charge in [-0.15, -0.1) is 0 Å². The highest BCUT2D eigenvalue weighted by Gasteiger charge is 2.20. The Balaban J connectivity index is 1.85. The van der Waals surface area contributed by atoms with E-state index in [1.807, 2.05) is 0 Å². The minimum Gasteiger partial charge on any atom is -0.280 e. The van der Waals surface area contributed by atoms with E-state index in [1.54, 1.807) is 0 Å². The molecule has 0 unspecified atom stereocenters. The quantitative estimate of drug-likeness (QED) is 0.806. The molecule has 138 valence electrons. The van der Waals surface area contributed by atoms with Crippen molar-refractivity contribution in [3.05, 3.63) is 54.3 Å². The molecule has 0 amide bonds. The molecule has 10 heteroatoms. The second kappa shape index (κ2) is 7.04. The Morgan fingerprint density at radius 2 is 1.54 bits per heavy atom. The van der Waals surface area contributed by atoms with Crippen LogP contribution in [-0.4, -0.2) is 29.2 Å². The Morgan fingerprint density at radius 3 is 2.19 bits per heavy atom. The fourth-order valence-electron chi connectivity index (χ4n) is 2.41. The second-order valence-electron chi connectivity index (χ2n) is 5.63. The maximum atomic E-state index is 13.3. The van der Waals surface area contributed by atoms with E-state index in [-0.39, 0.29) is 15.5 Å². The first kappa shape index (κ1) is 18.3. The number of sulfonamides is 2. The van der Waals surface area contributed by atoms with E-state index in [4.69, 9.17) is 0 Å². The lowest BCUT2D eigenvalue weighted by Crippen LogP contribution is -2.29. The first-order valence-corrected chi connectivity index (χ1v) is 10.7. The Hall–Kier alpha value is -2.46. The molecule has 1 heterocycles. The first-order chi connectivity index (χ1) is 12.3. The molecule has 0 aliphatic carbocycles. The third-order valence-corrected chi connectivity index (χ3v) is 6.39. The molecule has 0 bridgehead atoms. The maximum absolute atomic E-state index is 13.3. The van der Waals surface area contributed by atoms with E-state index < -0.39 is 25.9 Å². The Morgan fingerprint density at radius 1 is 0.885 bits per heavy atom. The van der Waals surface area contributed by atoms with Crippen molar-refractivity contribution in [3.63, 3.8) is 0 Å². The average Bonchev–Trinajstić information content (AvgIpc) is 3.07. The van der Waals surface area contributed by atoms with E-state index >= 15 is 0 Å². The molecule has 0 spiro atoms. The van der Waals surface area contributed by atoms with Gasteiger partial charge in [-0.1, -0.05) is 12.1 Å². The van der Waals surface area contributed by atoms with Gasteiger partial charge in [0, 0.05) is 13.0 Å². The number of rotatable bonds is 5. The summed E-state index contributed by atoms with van der Waals surface area (Å²) in [6.07, 6.45) is 1.33. The zero-order chi connectivity index (χ0) is 18.8. The standard InChI is InChI=1S/C16H16FN3O4S2/c17-12-4-1-6-14(10-12)25(21,22)19-13-5-2-7-15(11-13)26(23,24)20-16-8-3-9-18-16/h1-2,4-7,10-11,19H,3,8-9H2,(H,18,20). The lowest BCUT2D eigenvalue weighted by Gasteiger charge is -2.11. The molecule has 0 aromatic heterocycles. The molecule has 7 nitrogen and oxygen atoms in total. The summed E-state index contributed by atoms with van der Waals surface area (Å²) < 4.78 is 67.4. The predicted octanol–water partition coefficient (Wildman–Crippen LogP) is 2.10. The number of aliphatic imine (C=N–C) groups is 1. The van der Waals surface area contributed by atoms with Crippen LogP contribution in [0.15, 0.2) is 63.3 Å². The van der Waals surface area contributed by atoms with Gasteiger partial charge in [0.05, 0.1) is 15.5 Å². The van der Waals surface area contributed by atoms with E-state index in [2.05, 4.69) is 14.4 Å². The van der Waals surface area contributed by atoms with Crippen LogP contribution in [0.1, 0.15) is 12.8 Å². The Kier molecular flexibility index (Phi) is 4.97. The first-order valence-electron chi connectivity index (χ1n) is 7.71. The number of amidine groups is 1. The number of halogens is 1. The summed E-state index contributed by atoms with van der Waals surface area (Å²) in [6, 6.07) is 9.87. The van der Waals surface area contributed by atoms with Gasteiger partial charge in [0.25, 0.3) is 20.0 Å². The lowest BCUT2D eigenvalue weighted by molar-refractivity contribution is 0.591. The van der Waals surface area contributed by atoms with E-state index in [1.165, 1.54) is 36.4 Å². The molecule has 0 fully saturated rings. The van der Waals surface area contributed by atoms with E-state index in [0.717, 1.165) is 18.6 Å². The van der Waals surface area contributed by atoms with Crippen molar-refractivity contribution in [2.24, 2.45) is 4.99 Å². The molecule has 0 radical (unpaired) electrons. The Bertz CT molecular complexity index is 1070. The van der Waals surface area contributed by atoms with Crippen molar-refractivity contribution < 1.29 is 21.2 Å². The summed E-state index contributed by atoms with van der Waals surface area (Å²) in [5.74, 6) is -0.304. The third-order valence-electron chi connectivity index (χ3n) is 3.63. The summed E-state index contributed by atoms with van der Waals surface area (Å²) >= 11 is 0. The summed E-state index contributed by atoms with van der Waals surface area (Å²) in [4.78, 5) is 3.69. The van der Waals surface area contributed by atoms with Crippen LogP contribution in [0.3, 0.4) is 0 Å². The molecule has 0 saturated carbocycles. The number of hydrogen-bond donors (Lipinski definition) is 2. The monoisotopic (exact) mass is 397 g/mol. The van der Waals surface area contributed by atoms with Crippen LogP contribution in [0.5, 0.6) is 0 Å². The molecule has 1 aliphatic heterocycles. The van der Waals surface area contributed by atoms with Crippen molar-refractivity contribution in [1.82, 2.24) is 4.72 Å². The zero-order valence-electron chi connectivity index (χ0n) is 13.5. The molecule has 0 atom stereocenters. The van der Waals surface area contributed by atoms with E-state index in [9.17, 15) is 21.2 Å². The largest absolute Gasteiger partial charge is 0.280 e. The van der Waals surface area contributed by atoms with E-state index in [0.29, 0.717) is 18.8 Å². The van der Waals surface area contributed by atoms with Crippen LogP contribution in [0.4, 0.5) is 10.1 Å². The SMILES string of the molecule is O=S(=O)(NC1=NCCC1)c1cccc(NS(=O)(=O)c2cccc(F)c2)c1. The van der Waals surface area contributed by atoms with Gasteiger partial charge >= 0.3 is 0 Å². The van der Waals surface area contributed by atoms with Crippen molar-refractivity contribution in [1.29, 1.82) is 0 Å². The average molecular weight is 397 g/mol. The minimum atomic E-state index is -4.05. The number of nitrogens with one attached hydrogen (secondary N) is 2. The predicted molar refractivity (Wildman–Crippen MR) is 95.5 cm³/mol. The van der Waals surface area contributed by atoms with Gasteiger partial charge in [-0.2, -0.15) is 0 Å². The number of nitrogens with zero attached hydrogens (tertiary/aromatic N) is 1. The molecular formula is C16H16FN3O4S2. The molecule has 1 aliphatic rings. The minimum absolute atomic E-state index is 0.0468. The van der Waals surface area contributed by atoms with Crippen LogP contribution in [-0.2, 0) is 20.0 Å². The van der Waals surface area contributed by atoms with Crippen LogP contribution in [0.2, 0.25) is 0 Å². The van der Waals surface area contributed by atoms with Gasteiger partial charge in [-0.3, -0.25) is 14.4 Å². The molecular weight excluding hydrogens is 381 g/mol. The zero-order valence-corrected chi connectivity index (χ0v) is 15.1. The van der Waals surface area contributed by atoms with Crippen molar-refractivity contribution in [2.75, 3.05) is 11.3 Å². The Labute approximate surface area is 151 Å². The second-order valence-corrected chi connectivity index (χ2v) is 8.99. The van der Waals surface area contributed by atoms with Crippen LogP contribution < -0.4 is 9.44 Å². The molecule has 2 aromatic rings. The summed E-state index contributed by atoms with van der Waals surface area (Å²) in [7, 11) is -7.92. The van der Waals surface area contributed by atoms with Gasteiger partial charge in [0.15, 0.2) is 0 Å². The van der Waals surface area contributed by atoms with Crippen LogP contribution >= 0.6 is 0 Å². The van der Waals surface area contributed by atoms with Gasteiger partial charge in [0.2, 0.25) is 0 Å². The molecule has 2 aromatic carbocycles. The fourth-order valence-corrected chi connectivity index (χ4v) is 4.63. The molecule has 26 heavy (non-hydrogen) atoms. The van der Waals surface area contributed by atoms with Crippen LogP contribution in [0.25, 0.3) is 0 Å². The van der Waals surface area contributed by atoms with Crippen molar-refractivity contribution >= 4 is 31.6 Å². The molecule has 0 saturated heterocycles. The molecule has 2 N–H and O–H groups in total. The van der Waals surface area contributed by atoms with Crippen LogP contribution in [0, 0.1) is 5.82 Å². The van der Waals surface area contributed by atoms with Gasteiger partial charge < -0.3 is 0 Å². The normalized spacial score (nSPS) is 14.7. The highest BCUT2D eigenvalue weighted by molar-refractivity contribution is 7.92. The topological polar surface area (TPSA) is 105 Å². The highest BCUT2D eigenvalue weighted by Crippen LogP contribution is 2.20. The molecule has 3 rings (SSSR count). The van der Waals surface area contributed by atoms with Crippen molar-refractivity contribution in [3.8, 4) is 0 Å². The maximum Gasteiger partial charge on any atom is 0.262 e. The van der Waals surface area contributed by atoms with Crippen molar-refractivity contribution in [2.45, 2.75) is 22.6 Å². The summed E-state index contributed by atoms with van der Waals surface area (Å²) in [5.41, 5.74) is 0.0468. The summed E-state index contributed by atoms with van der Waals surface area (Å²) in [5, 5.41) is 0.